The Labute approximate surface area is 137 Å². The second-order valence-electron chi connectivity index (χ2n) is 5.99. The highest BCUT2D eigenvalue weighted by Gasteiger charge is 2.23. The lowest BCUT2D eigenvalue weighted by Crippen LogP contribution is -2.11. The second kappa shape index (κ2) is 6.65. The average molecular weight is 335 g/mol. The highest BCUT2D eigenvalue weighted by atomic mass is 16.6. The van der Waals surface area contributed by atoms with Crippen molar-refractivity contribution in [1.82, 2.24) is 10.1 Å². The van der Waals surface area contributed by atoms with Gasteiger partial charge in [0, 0.05) is 11.5 Å². The zero-order valence-electron chi connectivity index (χ0n) is 13.7. The number of esters is 1. The minimum absolute atomic E-state index is 0.00485. The maximum atomic E-state index is 11.5. The maximum absolute atomic E-state index is 11.5. The molecule has 0 saturated heterocycles. The zero-order chi connectivity index (χ0) is 17.9. The second-order valence-corrected chi connectivity index (χ2v) is 5.99. The van der Waals surface area contributed by atoms with Crippen LogP contribution < -0.4 is 4.74 Å². The minimum Gasteiger partial charge on any atom is -0.478 e. The number of nitro benzene ring substituents is 1. The third-order valence-corrected chi connectivity index (χ3v) is 3.04. The van der Waals surface area contributed by atoms with Gasteiger partial charge in [0.15, 0.2) is 12.4 Å². The first kappa shape index (κ1) is 17.4. The Hall–Kier alpha value is -2.97. The Balaban J connectivity index is 2.19. The van der Waals surface area contributed by atoms with Gasteiger partial charge in [0.1, 0.15) is 0 Å². The maximum Gasteiger partial charge on any atom is 0.338 e. The number of benzene rings is 1. The van der Waals surface area contributed by atoms with Crippen LogP contribution in [-0.2, 0) is 16.8 Å². The van der Waals surface area contributed by atoms with Gasteiger partial charge in [-0.25, -0.2) is 4.79 Å². The third kappa shape index (κ3) is 3.86. The Morgan fingerprint density at radius 2 is 2.08 bits per heavy atom. The van der Waals surface area contributed by atoms with Gasteiger partial charge in [0.05, 0.1) is 17.6 Å². The van der Waals surface area contributed by atoms with E-state index in [1.54, 1.807) is 0 Å². The van der Waals surface area contributed by atoms with Gasteiger partial charge in [-0.3, -0.25) is 10.1 Å². The van der Waals surface area contributed by atoms with E-state index in [4.69, 9.17) is 9.26 Å². The highest BCUT2D eigenvalue weighted by molar-refractivity contribution is 5.90. The van der Waals surface area contributed by atoms with E-state index >= 15 is 0 Å². The fourth-order valence-electron chi connectivity index (χ4n) is 1.79. The summed E-state index contributed by atoms with van der Waals surface area (Å²) >= 11 is 0. The molecule has 1 aromatic carbocycles. The molecule has 0 amide bonds. The van der Waals surface area contributed by atoms with Crippen molar-refractivity contribution < 1.29 is 23.7 Å². The van der Waals surface area contributed by atoms with Crippen LogP contribution in [0.3, 0.4) is 0 Å². The fraction of sp³-hybridized carbons (Fsp3) is 0.400. The molecular weight excluding hydrogens is 318 g/mol. The summed E-state index contributed by atoms with van der Waals surface area (Å²) in [4.78, 5) is 26.2. The van der Waals surface area contributed by atoms with E-state index in [1.165, 1.54) is 19.2 Å². The van der Waals surface area contributed by atoms with E-state index in [-0.39, 0.29) is 34.8 Å². The van der Waals surface area contributed by atoms with E-state index in [0.717, 1.165) is 6.07 Å². The molecule has 1 heterocycles. The molecule has 0 bridgehead atoms. The molecule has 0 N–H and O–H groups in total. The van der Waals surface area contributed by atoms with Crippen LogP contribution in [0.25, 0.3) is 0 Å². The number of aromatic nitrogens is 2. The number of hydrogen-bond donors (Lipinski definition) is 0. The van der Waals surface area contributed by atoms with Gasteiger partial charge in [-0.2, -0.15) is 4.98 Å². The molecule has 0 saturated carbocycles. The van der Waals surface area contributed by atoms with Gasteiger partial charge in [-0.1, -0.05) is 25.9 Å². The van der Waals surface area contributed by atoms with Crippen LogP contribution in [-0.4, -0.2) is 28.1 Å². The number of carbonyl (C=O) groups is 1. The quantitative estimate of drug-likeness (QED) is 0.465. The number of nitrogens with zero attached hydrogens (tertiary/aromatic N) is 3. The number of nitro groups is 1. The van der Waals surface area contributed by atoms with Crippen molar-refractivity contribution in [2.75, 3.05) is 7.11 Å². The summed E-state index contributed by atoms with van der Waals surface area (Å²) in [5.41, 5.74) is -0.595. The van der Waals surface area contributed by atoms with Gasteiger partial charge in [-0.05, 0) is 12.1 Å². The highest BCUT2D eigenvalue weighted by Crippen LogP contribution is 2.29. The van der Waals surface area contributed by atoms with Crippen molar-refractivity contribution in [1.29, 1.82) is 0 Å². The molecule has 0 atom stereocenters. The summed E-state index contributed by atoms with van der Waals surface area (Å²) in [6.07, 6.45) is 0. The number of carbonyl (C=O) groups excluding carboxylic acids is 1. The normalized spacial score (nSPS) is 11.2. The monoisotopic (exact) mass is 335 g/mol. The summed E-state index contributed by atoms with van der Waals surface area (Å²) in [6, 6.07) is 3.80. The molecule has 9 nitrogen and oxygen atoms in total. The van der Waals surface area contributed by atoms with Crippen LogP contribution >= 0.6 is 0 Å². The van der Waals surface area contributed by atoms with E-state index in [9.17, 15) is 14.9 Å². The van der Waals surface area contributed by atoms with Crippen molar-refractivity contribution in [2.45, 2.75) is 32.8 Å². The van der Waals surface area contributed by atoms with Crippen LogP contribution in [0.1, 0.15) is 42.8 Å². The molecule has 2 rings (SSSR count). The molecule has 24 heavy (non-hydrogen) atoms. The van der Waals surface area contributed by atoms with Gasteiger partial charge in [0.2, 0.25) is 11.7 Å². The van der Waals surface area contributed by atoms with Crippen molar-refractivity contribution in [3.63, 3.8) is 0 Å². The topological polar surface area (TPSA) is 118 Å². The Bertz CT molecular complexity index is 763. The summed E-state index contributed by atoms with van der Waals surface area (Å²) in [5.74, 6) is 0.0373. The van der Waals surface area contributed by atoms with Crippen molar-refractivity contribution >= 4 is 11.7 Å². The van der Waals surface area contributed by atoms with E-state index in [1.807, 2.05) is 20.8 Å². The Morgan fingerprint density at radius 3 is 2.62 bits per heavy atom. The first-order valence-corrected chi connectivity index (χ1v) is 7.05. The van der Waals surface area contributed by atoms with Gasteiger partial charge in [-0.15, -0.1) is 0 Å². The van der Waals surface area contributed by atoms with Crippen LogP contribution in [0.15, 0.2) is 22.7 Å². The smallest absolute Gasteiger partial charge is 0.338 e. The SMILES string of the molecule is COC(=O)c1ccc(OCc2noc(C(C)(C)C)n2)c([N+](=O)[O-])c1. The fourth-order valence-corrected chi connectivity index (χ4v) is 1.79. The summed E-state index contributed by atoms with van der Waals surface area (Å²) in [7, 11) is 1.20. The molecule has 0 aliphatic rings. The van der Waals surface area contributed by atoms with Crippen LogP contribution in [0, 0.1) is 10.1 Å². The Kier molecular flexibility index (Phi) is 4.82. The first-order chi connectivity index (χ1) is 11.2. The molecule has 0 spiro atoms. The van der Waals surface area contributed by atoms with Gasteiger partial charge < -0.3 is 14.0 Å². The van der Waals surface area contributed by atoms with Crippen LogP contribution in [0.2, 0.25) is 0 Å². The summed E-state index contributed by atoms with van der Waals surface area (Å²) in [6.45, 7) is 5.66. The van der Waals surface area contributed by atoms with E-state index in [0.29, 0.717) is 5.89 Å². The minimum atomic E-state index is -0.669. The van der Waals surface area contributed by atoms with Crippen molar-refractivity contribution in [3.05, 3.63) is 45.6 Å². The standard InChI is InChI=1S/C15H17N3O6/c1-15(2,3)14-16-12(17-24-14)8-23-11-6-5-9(13(19)22-4)7-10(11)18(20)21/h5-7H,8H2,1-4H3. The average Bonchev–Trinajstić information content (AvgIpc) is 3.01. The van der Waals surface area contributed by atoms with Crippen LogP contribution in [0.5, 0.6) is 5.75 Å². The largest absolute Gasteiger partial charge is 0.478 e. The number of rotatable bonds is 5. The van der Waals surface area contributed by atoms with Gasteiger partial charge >= 0.3 is 11.7 Å². The first-order valence-electron chi connectivity index (χ1n) is 7.05. The van der Waals surface area contributed by atoms with E-state index < -0.39 is 10.9 Å². The molecular formula is C15H17N3O6. The van der Waals surface area contributed by atoms with Crippen molar-refractivity contribution in [2.24, 2.45) is 0 Å². The lowest BCUT2D eigenvalue weighted by molar-refractivity contribution is -0.386. The predicted octanol–water partition coefficient (Wildman–Crippen LogP) is 2.64. The predicted molar refractivity (Wildman–Crippen MR) is 81.8 cm³/mol. The van der Waals surface area contributed by atoms with Gasteiger partial charge in [0.25, 0.3) is 0 Å². The molecule has 0 radical (unpaired) electrons. The number of methoxy groups -OCH3 is 1. The molecule has 0 aliphatic carbocycles. The van der Waals surface area contributed by atoms with E-state index in [2.05, 4.69) is 14.9 Å². The molecule has 128 valence electrons. The molecule has 1 aromatic heterocycles. The van der Waals surface area contributed by atoms with Crippen molar-refractivity contribution in [3.8, 4) is 5.75 Å². The lowest BCUT2D eigenvalue weighted by Gasteiger charge is -2.10. The van der Waals surface area contributed by atoms with Crippen LogP contribution in [0.4, 0.5) is 5.69 Å². The Morgan fingerprint density at radius 1 is 1.38 bits per heavy atom. The molecule has 0 unspecified atom stereocenters. The molecule has 2 aromatic rings. The number of ether oxygens (including phenoxy) is 2. The summed E-state index contributed by atoms with van der Waals surface area (Å²) in [5, 5.41) is 14.9. The molecule has 0 aliphatic heterocycles. The molecule has 0 fully saturated rings. The lowest BCUT2D eigenvalue weighted by atomic mass is 9.97. The summed E-state index contributed by atoms with van der Waals surface area (Å²) < 4.78 is 15.1. The molecule has 9 heteroatoms. The zero-order valence-corrected chi connectivity index (χ0v) is 13.7. The number of hydrogen-bond acceptors (Lipinski definition) is 8. The third-order valence-electron chi connectivity index (χ3n) is 3.04.